The summed E-state index contributed by atoms with van der Waals surface area (Å²) < 4.78 is 0. The second-order valence-electron chi connectivity index (χ2n) is 6.23. The van der Waals surface area contributed by atoms with Crippen molar-refractivity contribution in [1.82, 2.24) is 0 Å². The van der Waals surface area contributed by atoms with E-state index in [2.05, 4.69) is 0 Å². The van der Waals surface area contributed by atoms with Gasteiger partial charge in [0.2, 0.25) is 0 Å². The summed E-state index contributed by atoms with van der Waals surface area (Å²) in [5.41, 5.74) is 4.17. The Labute approximate surface area is 110 Å². The summed E-state index contributed by atoms with van der Waals surface area (Å²) >= 11 is 6.47. The maximum absolute atomic E-state index is 11.8. The number of aliphatic hydroxyl groups is 1. The number of aliphatic carboxylic acids is 1. The van der Waals surface area contributed by atoms with E-state index in [0.29, 0.717) is 13.0 Å². The van der Waals surface area contributed by atoms with Crippen LogP contribution in [0.2, 0.25) is 0 Å². The van der Waals surface area contributed by atoms with Gasteiger partial charge in [0.05, 0.1) is 11.5 Å². The van der Waals surface area contributed by atoms with Gasteiger partial charge in [0, 0.05) is 16.2 Å². The molecule has 0 saturated heterocycles. The number of alkyl halides is 1. The Bertz CT molecular complexity index is 495. The first kappa shape index (κ1) is 11.3. The predicted octanol–water partition coefficient (Wildman–Crippen LogP) is 0.580. The van der Waals surface area contributed by atoms with E-state index in [9.17, 15) is 15.0 Å². The first-order valence-corrected chi connectivity index (χ1v) is 6.88. The first-order chi connectivity index (χ1) is 8.51. The van der Waals surface area contributed by atoms with E-state index in [0.717, 1.165) is 6.42 Å². The average Bonchev–Trinajstić information content (AvgIpc) is 2.73. The summed E-state index contributed by atoms with van der Waals surface area (Å²) in [6.45, 7) is 0.430. The highest BCUT2D eigenvalue weighted by molar-refractivity contribution is 6.23. The molecular formula is C13H16ClNO3. The van der Waals surface area contributed by atoms with Crippen LogP contribution in [0.5, 0.6) is 0 Å². The third-order valence-electron chi connectivity index (χ3n) is 6.50. The number of fused-ring (bicyclic) bond motifs is 1. The van der Waals surface area contributed by atoms with E-state index in [1.54, 1.807) is 0 Å². The van der Waals surface area contributed by atoms with Gasteiger partial charge >= 0.3 is 5.97 Å². The number of nitrogens with two attached hydrogens (primary N) is 1. The fourth-order valence-electron chi connectivity index (χ4n) is 6.16. The number of allylic oxidation sites excluding steroid dienone is 1. The molecule has 3 fully saturated rings. The van der Waals surface area contributed by atoms with Gasteiger partial charge < -0.3 is 15.9 Å². The van der Waals surface area contributed by atoms with Crippen molar-refractivity contribution in [3.05, 3.63) is 12.2 Å². The van der Waals surface area contributed by atoms with Crippen molar-refractivity contribution in [1.29, 1.82) is 0 Å². The van der Waals surface area contributed by atoms with Crippen molar-refractivity contribution in [2.24, 2.45) is 33.8 Å². The van der Waals surface area contributed by atoms with Crippen molar-refractivity contribution < 1.29 is 15.0 Å². The molecule has 0 aliphatic heterocycles. The molecule has 4 aliphatic rings. The maximum atomic E-state index is 11.8. The third-order valence-corrected chi connectivity index (χ3v) is 7.18. The Kier molecular flexibility index (Phi) is 1.74. The molecule has 0 aromatic rings. The van der Waals surface area contributed by atoms with Crippen LogP contribution >= 0.6 is 11.6 Å². The molecule has 98 valence electrons. The van der Waals surface area contributed by atoms with Gasteiger partial charge in [-0.1, -0.05) is 12.2 Å². The maximum Gasteiger partial charge on any atom is 0.314 e. The lowest BCUT2D eigenvalue weighted by Gasteiger charge is -2.91. The van der Waals surface area contributed by atoms with Gasteiger partial charge in [-0.15, -0.1) is 11.6 Å². The smallest absolute Gasteiger partial charge is 0.314 e. The molecule has 4 nitrogen and oxygen atoms in total. The van der Waals surface area contributed by atoms with Crippen molar-refractivity contribution in [3.8, 4) is 0 Å². The fourth-order valence-corrected chi connectivity index (χ4v) is 6.93. The molecule has 0 amide bonds. The van der Waals surface area contributed by atoms with E-state index >= 15 is 0 Å². The van der Waals surface area contributed by atoms with Crippen molar-refractivity contribution >= 4 is 17.6 Å². The third kappa shape index (κ3) is 0.629. The minimum atomic E-state index is -0.843. The Morgan fingerprint density at radius 1 is 1.56 bits per heavy atom. The monoisotopic (exact) mass is 269 g/mol. The molecular weight excluding hydrogens is 254 g/mol. The second kappa shape index (κ2) is 2.79. The summed E-state index contributed by atoms with van der Waals surface area (Å²) in [6, 6.07) is 0. The molecule has 7 atom stereocenters. The van der Waals surface area contributed by atoms with Crippen LogP contribution in [0.4, 0.5) is 0 Å². The average molecular weight is 270 g/mol. The van der Waals surface area contributed by atoms with Crippen LogP contribution in [0.1, 0.15) is 12.8 Å². The Balaban J connectivity index is 1.88. The lowest BCUT2D eigenvalue weighted by molar-refractivity contribution is -0.442. The number of hydrogen-bond donors (Lipinski definition) is 3. The molecule has 0 radical (unpaired) electrons. The SMILES string of the molecule is NCC1C(Cl)C23CC(O)C12C1CC=CC13C(=O)O. The number of hydrogen-bond acceptors (Lipinski definition) is 3. The fraction of sp³-hybridized carbons (Fsp3) is 0.769. The molecule has 7 unspecified atom stereocenters. The van der Waals surface area contributed by atoms with Gasteiger partial charge in [-0.2, -0.15) is 0 Å². The van der Waals surface area contributed by atoms with Crippen LogP contribution in [0, 0.1) is 28.1 Å². The lowest BCUT2D eigenvalue weighted by Crippen LogP contribution is -2.96. The number of rotatable bonds is 2. The van der Waals surface area contributed by atoms with Gasteiger partial charge in [0.1, 0.15) is 0 Å². The second-order valence-corrected chi connectivity index (χ2v) is 6.70. The van der Waals surface area contributed by atoms with Gasteiger partial charge in [0.25, 0.3) is 0 Å². The Hall–Kier alpha value is -0.580. The minimum Gasteiger partial charge on any atom is -0.481 e. The zero-order valence-corrected chi connectivity index (χ0v) is 10.6. The number of carbonyl (C=O) groups is 1. The normalized spacial score (nSPS) is 62.8. The Morgan fingerprint density at radius 2 is 2.28 bits per heavy atom. The lowest BCUT2D eigenvalue weighted by atomic mass is 9.12. The molecule has 0 aromatic heterocycles. The van der Waals surface area contributed by atoms with Crippen LogP contribution in [-0.4, -0.2) is 34.2 Å². The summed E-state index contributed by atoms with van der Waals surface area (Å²) in [7, 11) is 0. The number of carboxylic acids is 1. The molecule has 4 aliphatic carbocycles. The summed E-state index contributed by atoms with van der Waals surface area (Å²) in [5.74, 6) is -0.750. The first-order valence-electron chi connectivity index (χ1n) is 6.45. The molecule has 0 heterocycles. The van der Waals surface area contributed by atoms with Gasteiger partial charge in [-0.05, 0) is 31.2 Å². The van der Waals surface area contributed by atoms with E-state index in [-0.39, 0.29) is 22.6 Å². The van der Waals surface area contributed by atoms with Gasteiger partial charge in [0.15, 0.2) is 0 Å². The van der Waals surface area contributed by atoms with Gasteiger partial charge in [-0.3, -0.25) is 4.79 Å². The van der Waals surface area contributed by atoms with Crippen LogP contribution in [-0.2, 0) is 4.79 Å². The molecule has 5 heteroatoms. The van der Waals surface area contributed by atoms with Crippen molar-refractivity contribution in [2.75, 3.05) is 6.54 Å². The molecule has 3 saturated carbocycles. The summed E-state index contributed by atoms with van der Waals surface area (Å²) in [4.78, 5) is 11.8. The van der Waals surface area contributed by atoms with E-state index in [4.69, 9.17) is 17.3 Å². The van der Waals surface area contributed by atoms with Crippen LogP contribution in [0.25, 0.3) is 0 Å². The zero-order valence-electron chi connectivity index (χ0n) is 9.84. The van der Waals surface area contributed by atoms with Crippen molar-refractivity contribution in [2.45, 2.75) is 24.3 Å². The molecule has 4 N–H and O–H groups in total. The minimum absolute atomic E-state index is 0.0187. The molecule has 4 rings (SSSR count). The largest absolute Gasteiger partial charge is 0.481 e. The van der Waals surface area contributed by atoms with Crippen LogP contribution in [0.3, 0.4) is 0 Å². The zero-order chi connectivity index (χ0) is 12.9. The number of halogens is 1. The van der Waals surface area contributed by atoms with Crippen molar-refractivity contribution in [3.63, 3.8) is 0 Å². The summed E-state index contributed by atoms with van der Waals surface area (Å²) in [6.07, 6.45) is 4.57. The standard InChI is InChI=1S/C13H16ClNO3/c14-9-6(5-15)13-7-2-1-3-11(7,10(17)18)12(9,13)4-8(13)16/h1,3,6-9,16H,2,4-5,15H2,(H,17,18). The summed E-state index contributed by atoms with van der Waals surface area (Å²) in [5, 5.41) is 19.7. The highest BCUT2D eigenvalue weighted by Crippen LogP contribution is 2.94. The van der Waals surface area contributed by atoms with E-state index < -0.39 is 22.9 Å². The van der Waals surface area contributed by atoms with E-state index in [1.165, 1.54) is 0 Å². The molecule has 18 heavy (non-hydrogen) atoms. The highest BCUT2D eigenvalue weighted by Gasteiger charge is 2.98. The number of aliphatic hydroxyl groups excluding tert-OH is 1. The highest BCUT2D eigenvalue weighted by atomic mass is 35.5. The molecule has 0 aromatic carbocycles. The predicted molar refractivity (Wildman–Crippen MR) is 65.0 cm³/mol. The van der Waals surface area contributed by atoms with E-state index in [1.807, 2.05) is 12.2 Å². The number of carboxylic acid groups (broad SMARTS) is 1. The van der Waals surface area contributed by atoms with Crippen LogP contribution in [0.15, 0.2) is 12.2 Å². The molecule has 0 spiro atoms. The van der Waals surface area contributed by atoms with Gasteiger partial charge in [-0.25, -0.2) is 0 Å². The Morgan fingerprint density at radius 3 is 2.83 bits per heavy atom. The molecule has 0 bridgehead atoms. The quantitative estimate of drug-likeness (QED) is 0.506. The van der Waals surface area contributed by atoms with Crippen LogP contribution < -0.4 is 5.73 Å². The topological polar surface area (TPSA) is 83.5 Å².